The number of hydrogen-bond acceptors (Lipinski definition) is 6. The van der Waals surface area contributed by atoms with Crippen molar-refractivity contribution in [2.24, 2.45) is 0 Å². The van der Waals surface area contributed by atoms with Gasteiger partial charge in [0.1, 0.15) is 11.4 Å². The van der Waals surface area contributed by atoms with Gasteiger partial charge in [-0.1, -0.05) is 12.1 Å². The molecule has 2 amide bonds. The zero-order chi connectivity index (χ0) is 24.1. The minimum Gasteiger partial charge on any atom is -0.493 e. The molecule has 0 saturated carbocycles. The van der Waals surface area contributed by atoms with Gasteiger partial charge in [-0.2, -0.15) is 0 Å². The molecule has 0 bridgehead atoms. The van der Waals surface area contributed by atoms with Crippen LogP contribution in [0.4, 0.5) is 10.1 Å². The quantitative estimate of drug-likeness (QED) is 0.614. The van der Waals surface area contributed by atoms with Crippen molar-refractivity contribution in [3.05, 3.63) is 53.8 Å². The Bertz CT molecular complexity index is 1040. The Morgan fingerprint density at radius 3 is 2.59 bits per heavy atom. The lowest BCUT2D eigenvalue weighted by Gasteiger charge is -2.43. The summed E-state index contributed by atoms with van der Waals surface area (Å²) in [5.74, 6) is 0.848. The SMILES string of the molecule is COc1ccc(CC(=O)NCCN2CCC3(CC2)C(=O)NCN3c2cccc(F)c2)cc1OC. The van der Waals surface area contributed by atoms with E-state index in [0.29, 0.717) is 49.8 Å². The maximum Gasteiger partial charge on any atom is 0.247 e. The van der Waals surface area contributed by atoms with Crippen LogP contribution in [-0.2, 0) is 16.0 Å². The number of carbonyl (C=O) groups excluding carboxylic acids is 2. The molecule has 2 N–H and O–H groups in total. The van der Waals surface area contributed by atoms with E-state index in [2.05, 4.69) is 15.5 Å². The smallest absolute Gasteiger partial charge is 0.247 e. The topological polar surface area (TPSA) is 83.1 Å². The average molecular weight is 471 g/mol. The first-order valence-electron chi connectivity index (χ1n) is 11.5. The van der Waals surface area contributed by atoms with E-state index in [1.165, 1.54) is 12.1 Å². The van der Waals surface area contributed by atoms with E-state index in [1.807, 2.05) is 17.0 Å². The first-order valence-corrected chi connectivity index (χ1v) is 11.5. The van der Waals surface area contributed by atoms with Crippen LogP contribution < -0.4 is 25.0 Å². The van der Waals surface area contributed by atoms with Gasteiger partial charge in [-0.15, -0.1) is 0 Å². The molecular weight excluding hydrogens is 439 g/mol. The number of rotatable bonds is 8. The van der Waals surface area contributed by atoms with Gasteiger partial charge in [0.25, 0.3) is 0 Å². The zero-order valence-electron chi connectivity index (χ0n) is 19.6. The number of methoxy groups -OCH3 is 2. The van der Waals surface area contributed by atoms with Gasteiger partial charge in [0, 0.05) is 31.9 Å². The summed E-state index contributed by atoms with van der Waals surface area (Å²) in [6.45, 7) is 3.07. The highest BCUT2D eigenvalue weighted by Crippen LogP contribution is 2.36. The van der Waals surface area contributed by atoms with Gasteiger partial charge in [0.2, 0.25) is 11.8 Å². The molecule has 2 heterocycles. The molecule has 0 aromatic heterocycles. The van der Waals surface area contributed by atoms with Crippen molar-refractivity contribution in [1.29, 1.82) is 0 Å². The number of halogens is 1. The average Bonchev–Trinajstić information content (AvgIpc) is 3.15. The number of hydrogen-bond donors (Lipinski definition) is 2. The third kappa shape index (κ3) is 4.94. The number of nitrogens with zero attached hydrogens (tertiary/aromatic N) is 2. The number of ether oxygens (including phenoxy) is 2. The molecule has 0 radical (unpaired) electrons. The summed E-state index contributed by atoms with van der Waals surface area (Å²) in [6.07, 6.45) is 1.55. The lowest BCUT2D eigenvalue weighted by molar-refractivity contribution is -0.125. The van der Waals surface area contributed by atoms with Crippen LogP contribution in [0, 0.1) is 5.82 Å². The fourth-order valence-electron chi connectivity index (χ4n) is 4.81. The number of nitrogens with one attached hydrogen (secondary N) is 2. The van der Waals surface area contributed by atoms with Gasteiger partial charge < -0.3 is 29.9 Å². The second kappa shape index (κ2) is 10.3. The molecule has 0 aliphatic carbocycles. The molecule has 0 atom stereocenters. The summed E-state index contributed by atoms with van der Waals surface area (Å²) < 4.78 is 24.3. The molecule has 2 aliphatic rings. The molecule has 2 aliphatic heterocycles. The van der Waals surface area contributed by atoms with Crippen molar-refractivity contribution in [3.63, 3.8) is 0 Å². The Hall–Kier alpha value is -3.33. The molecule has 4 rings (SSSR count). The summed E-state index contributed by atoms with van der Waals surface area (Å²) >= 11 is 0. The van der Waals surface area contributed by atoms with Crippen molar-refractivity contribution < 1.29 is 23.5 Å². The maximum absolute atomic E-state index is 13.8. The number of benzene rings is 2. The second-order valence-corrected chi connectivity index (χ2v) is 8.66. The standard InChI is InChI=1S/C25H31FN4O4/c1-33-21-7-6-18(14-22(21)34-2)15-23(31)27-10-13-29-11-8-25(9-12-29)24(32)28-17-30(25)20-5-3-4-19(26)16-20/h3-7,14,16H,8-13,15,17H2,1-2H3,(H,27,31)(H,28,32). The molecule has 9 heteroatoms. The van der Waals surface area contributed by atoms with E-state index in [9.17, 15) is 14.0 Å². The van der Waals surface area contributed by atoms with E-state index < -0.39 is 5.54 Å². The summed E-state index contributed by atoms with van der Waals surface area (Å²) in [7, 11) is 3.14. The maximum atomic E-state index is 13.8. The molecule has 182 valence electrons. The van der Waals surface area contributed by atoms with Crippen molar-refractivity contribution in [3.8, 4) is 11.5 Å². The molecular formula is C25H31FN4O4. The second-order valence-electron chi connectivity index (χ2n) is 8.66. The lowest BCUT2D eigenvalue weighted by Crippen LogP contribution is -2.57. The third-order valence-corrected chi connectivity index (χ3v) is 6.70. The highest BCUT2D eigenvalue weighted by molar-refractivity contribution is 5.93. The first kappa shape index (κ1) is 23.8. The molecule has 1 spiro atoms. The van der Waals surface area contributed by atoms with Crippen LogP contribution in [0.3, 0.4) is 0 Å². The molecule has 2 fully saturated rings. The Labute approximate surface area is 199 Å². The molecule has 0 unspecified atom stereocenters. The highest BCUT2D eigenvalue weighted by Gasteiger charge is 2.50. The van der Waals surface area contributed by atoms with Crippen molar-refractivity contribution in [2.45, 2.75) is 24.8 Å². The fourth-order valence-corrected chi connectivity index (χ4v) is 4.81. The number of piperidine rings is 1. The van der Waals surface area contributed by atoms with Crippen molar-refractivity contribution in [2.75, 3.05) is 52.0 Å². The lowest BCUT2D eigenvalue weighted by atomic mass is 9.85. The minimum absolute atomic E-state index is 0.000339. The minimum atomic E-state index is -0.652. The Morgan fingerprint density at radius 2 is 1.88 bits per heavy atom. The summed E-state index contributed by atoms with van der Waals surface area (Å²) in [5, 5.41) is 5.90. The summed E-state index contributed by atoms with van der Waals surface area (Å²) in [5.41, 5.74) is 0.912. The van der Waals surface area contributed by atoms with Gasteiger partial charge in [0.15, 0.2) is 11.5 Å². The van der Waals surface area contributed by atoms with E-state index in [1.54, 1.807) is 32.4 Å². The Balaban J connectivity index is 1.26. The van der Waals surface area contributed by atoms with E-state index in [-0.39, 0.29) is 24.1 Å². The predicted octanol–water partition coefficient (Wildman–Crippen LogP) is 1.93. The fraction of sp³-hybridized carbons (Fsp3) is 0.440. The van der Waals surface area contributed by atoms with Crippen LogP contribution in [0.25, 0.3) is 0 Å². The number of likely N-dealkylation sites (tertiary alicyclic amines) is 1. The summed E-state index contributed by atoms with van der Waals surface area (Å²) in [4.78, 5) is 29.4. The molecule has 2 saturated heterocycles. The van der Waals surface area contributed by atoms with Crippen LogP contribution in [0.5, 0.6) is 11.5 Å². The van der Waals surface area contributed by atoms with Gasteiger partial charge >= 0.3 is 0 Å². The number of carbonyl (C=O) groups is 2. The van der Waals surface area contributed by atoms with Crippen LogP contribution in [-0.4, -0.2) is 69.3 Å². The normalized spacial score (nSPS) is 17.5. The predicted molar refractivity (Wildman–Crippen MR) is 127 cm³/mol. The van der Waals surface area contributed by atoms with Gasteiger partial charge in [0.05, 0.1) is 27.3 Å². The van der Waals surface area contributed by atoms with Gasteiger partial charge in [-0.05, 0) is 48.7 Å². The molecule has 8 nitrogen and oxygen atoms in total. The highest BCUT2D eigenvalue weighted by atomic mass is 19.1. The van der Waals surface area contributed by atoms with Gasteiger partial charge in [-0.25, -0.2) is 4.39 Å². The Kier molecular flexibility index (Phi) is 7.21. The van der Waals surface area contributed by atoms with E-state index >= 15 is 0 Å². The monoisotopic (exact) mass is 470 g/mol. The van der Waals surface area contributed by atoms with Crippen LogP contribution >= 0.6 is 0 Å². The molecule has 34 heavy (non-hydrogen) atoms. The van der Waals surface area contributed by atoms with Crippen LogP contribution in [0.2, 0.25) is 0 Å². The first-order chi connectivity index (χ1) is 16.4. The van der Waals surface area contributed by atoms with Crippen LogP contribution in [0.15, 0.2) is 42.5 Å². The number of anilines is 1. The third-order valence-electron chi connectivity index (χ3n) is 6.70. The van der Waals surface area contributed by atoms with Gasteiger partial charge in [-0.3, -0.25) is 9.59 Å². The van der Waals surface area contributed by atoms with Crippen LogP contribution in [0.1, 0.15) is 18.4 Å². The van der Waals surface area contributed by atoms with Crippen molar-refractivity contribution >= 4 is 17.5 Å². The number of amides is 2. The zero-order valence-corrected chi connectivity index (χ0v) is 19.6. The largest absolute Gasteiger partial charge is 0.493 e. The van der Waals surface area contributed by atoms with E-state index in [0.717, 1.165) is 18.7 Å². The Morgan fingerprint density at radius 1 is 1.12 bits per heavy atom. The van der Waals surface area contributed by atoms with Crippen molar-refractivity contribution in [1.82, 2.24) is 15.5 Å². The summed E-state index contributed by atoms with van der Waals surface area (Å²) in [6, 6.07) is 11.8. The van der Waals surface area contributed by atoms with E-state index in [4.69, 9.17) is 9.47 Å². The molecule has 2 aromatic carbocycles. The molecule has 2 aromatic rings.